The van der Waals surface area contributed by atoms with Gasteiger partial charge in [0.05, 0.1) is 13.5 Å². The molecule has 1 atom stereocenters. The van der Waals surface area contributed by atoms with Crippen LogP contribution in [0.4, 0.5) is 0 Å². The van der Waals surface area contributed by atoms with E-state index in [0.29, 0.717) is 24.4 Å². The number of carboxylic acid groups (broad SMARTS) is 2. The first-order chi connectivity index (χ1) is 14.3. The molecule has 0 saturated carbocycles. The number of rotatable bonds is 9. The molecule has 2 heterocycles. The van der Waals surface area contributed by atoms with Crippen LogP contribution in [0.2, 0.25) is 0 Å². The van der Waals surface area contributed by atoms with E-state index in [1.54, 1.807) is 19.4 Å². The minimum Gasteiger partial charge on any atom is -0.497 e. The lowest BCUT2D eigenvalue weighted by Crippen LogP contribution is -2.49. The number of aryl methyl sites for hydroxylation is 1. The van der Waals surface area contributed by atoms with E-state index in [1.807, 2.05) is 28.5 Å². The Bertz CT molecular complexity index is 944. The Balaban J connectivity index is 1.95. The van der Waals surface area contributed by atoms with Crippen molar-refractivity contribution >= 4 is 22.8 Å². The van der Waals surface area contributed by atoms with Crippen LogP contribution >= 0.6 is 0 Å². The minimum atomic E-state index is -0.913. The maximum Gasteiger partial charge on any atom is 0.325 e. The van der Waals surface area contributed by atoms with Crippen LogP contribution < -0.4 is 4.74 Å². The number of benzene rings is 1. The molecule has 1 unspecified atom stereocenters. The Kier molecular flexibility index (Phi) is 6.79. The number of fused-ring (bicyclic) bond motifs is 1. The van der Waals surface area contributed by atoms with E-state index in [2.05, 4.69) is 11.5 Å². The zero-order valence-electron chi connectivity index (χ0n) is 17.5. The van der Waals surface area contributed by atoms with Crippen LogP contribution in [-0.2, 0) is 16.1 Å². The molecule has 1 fully saturated rings. The molecular weight excluding hydrogens is 386 g/mol. The molecule has 1 aromatic heterocycles. The molecule has 0 radical (unpaired) electrons. The smallest absolute Gasteiger partial charge is 0.325 e. The molecule has 8 heteroatoms. The topological polar surface area (TPSA) is 95.2 Å². The van der Waals surface area contributed by atoms with Gasteiger partial charge in [0.15, 0.2) is 0 Å². The third-order valence-electron chi connectivity index (χ3n) is 5.48. The predicted molar refractivity (Wildman–Crippen MR) is 114 cm³/mol. The summed E-state index contributed by atoms with van der Waals surface area (Å²) >= 11 is 0. The number of aliphatic carboxylic acids is 2. The SMILES string of the molecule is C=C(C)CN1CCN(C(C(=O)O)c2cn(CCC(=O)O)c3ccc(OC)cc23)CC1. The van der Waals surface area contributed by atoms with Crippen LogP contribution in [0.25, 0.3) is 10.9 Å². The molecule has 0 amide bonds. The molecule has 30 heavy (non-hydrogen) atoms. The number of methoxy groups -OCH3 is 1. The van der Waals surface area contributed by atoms with Crippen LogP contribution in [0, 0.1) is 0 Å². The fraction of sp³-hybridized carbons (Fsp3) is 0.455. The Hall–Kier alpha value is -2.84. The van der Waals surface area contributed by atoms with Gasteiger partial charge in [-0.15, -0.1) is 0 Å². The van der Waals surface area contributed by atoms with E-state index >= 15 is 0 Å². The quantitative estimate of drug-likeness (QED) is 0.608. The number of carbonyl (C=O) groups is 2. The number of aromatic nitrogens is 1. The predicted octanol–water partition coefficient (Wildman–Crippen LogP) is 2.44. The first-order valence-corrected chi connectivity index (χ1v) is 10.0. The highest BCUT2D eigenvalue weighted by molar-refractivity contribution is 5.90. The highest BCUT2D eigenvalue weighted by Gasteiger charge is 2.32. The zero-order chi connectivity index (χ0) is 21.8. The maximum absolute atomic E-state index is 12.3. The fourth-order valence-corrected chi connectivity index (χ4v) is 4.10. The van der Waals surface area contributed by atoms with Crippen LogP contribution in [0.15, 0.2) is 36.5 Å². The van der Waals surface area contributed by atoms with Gasteiger partial charge in [-0.3, -0.25) is 19.4 Å². The van der Waals surface area contributed by atoms with Gasteiger partial charge in [-0.25, -0.2) is 0 Å². The number of ether oxygens (including phenoxy) is 1. The van der Waals surface area contributed by atoms with Gasteiger partial charge in [0, 0.05) is 61.9 Å². The van der Waals surface area contributed by atoms with Gasteiger partial charge >= 0.3 is 11.9 Å². The van der Waals surface area contributed by atoms with Gasteiger partial charge in [-0.05, 0) is 25.1 Å². The molecule has 0 bridgehead atoms. The average Bonchev–Trinajstić information content (AvgIpc) is 3.04. The molecular formula is C22H29N3O5. The summed E-state index contributed by atoms with van der Waals surface area (Å²) in [6, 6.07) is 4.67. The van der Waals surface area contributed by atoms with Gasteiger partial charge in [-0.1, -0.05) is 12.2 Å². The van der Waals surface area contributed by atoms with Crippen molar-refractivity contribution in [1.82, 2.24) is 14.4 Å². The number of hydrogen-bond donors (Lipinski definition) is 2. The summed E-state index contributed by atoms with van der Waals surface area (Å²) in [5.41, 5.74) is 2.56. The Morgan fingerprint density at radius 2 is 1.90 bits per heavy atom. The second-order valence-corrected chi connectivity index (χ2v) is 7.81. The Morgan fingerprint density at radius 1 is 1.20 bits per heavy atom. The van der Waals surface area contributed by atoms with E-state index in [9.17, 15) is 14.7 Å². The largest absolute Gasteiger partial charge is 0.497 e. The highest BCUT2D eigenvalue weighted by atomic mass is 16.5. The standard InChI is InChI=1S/C22H29N3O5/c1-15(2)13-23-8-10-24(11-9-23)21(22(28)29)18-14-25(7-6-20(26)27)19-5-4-16(30-3)12-17(18)19/h4-5,12,14,21H,1,6-11,13H2,2-3H3,(H,26,27)(H,28,29). The van der Waals surface area contributed by atoms with Crippen LogP contribution in [0.1, 0.15) is 24.9 Å². The Labute approximate surface area is 175 Å². The lowest BCUT2D eigenvalue weighted by atomic mass is 10.0. The molecule has 8 nitrogen and oxygen atoms in total. The van der Waals surface area contributed by atoms with Gasteiger partial charge in [-0.2, -0.15) is 0 Å². The van der Waals surface area contributed by atoms with Gasteiger partial charge < -0.3 is 19.5 Å². The minimum absolute atomic E-state index is 0.0352. The van der Waals surface area contributed by atoms with Crippen molar-refractivity contribution in [2.24, 2.45) is 0 Å². The van der Waals surface area contributed by atoms with E-state index in [4.69, 9.17) is 9.84 Å². The summed E-state index contributed by atoms with van der Waals surface area (Å²) in [5.74, 6) is -1.17. The molecule has 2 N–H and O–H groups in total. The van der Waals surface area contributed by atoms with Gasteiger partial charge in [0.25, 0.3) is 0 Å². The highest BCUT2D eigenvalue weighted by Crippen LogP contribution is 2.33. The molecule has 0 aliphatic carbocycles. The van der Waals surface area contributed by atoms with Gasteiger partial charge in [0.2, 0.25) is 0 Å². The second-order valence-electron chi connectivity index (χ2n) is 7.81. The van der Waals surface area contributed by atoms with Crippen LogP contribution in [0.5, 0.6) is 5.75 Å². The van der Waals surface area contributed by atoms with Gasteiger partial charge in [0.1, 0.15) is 11.8 Å². The summed E-state index contributed by atoms with van der Waals surface area (Å²) in [7, 11) is 1.57. The second kappa shape index (κ2) is 9.32. The molecule has 1 saturated heterocycles. The van der Waals surface area contributed by atoms with Crippen LogP contribution in [0.3, 0.4) is 0 Å². The monoisotopic (exact) mass is 415 g/mol. The molecule has 3 rings (SSSR count). The zero-order valence-corrected chi connectivity index (χ0v) is 17.5. The van der Waals surface area contributed by atoms with E-state index in [1.165, 1.54) is 0 Å². The molecule has 2 aromatic rings. The molecule has 1 aromatic carbocycles. The summed E-state index contributed by atoms with van der Waals surface area (Å²) in [6.07, 6.45) is 1.75. The normalized spacial score (nSPS) is 16.5. The third kappa shape index (κ3) is 4.83. The van der Waals surface area contributed by atoms with Crippen molar-refractivity contribution in [1.29, 1.82) is 0 Å². The van der Waals surface area contributed by atoms with Crippen molar-refractivity contribution in [2.45, 2.75) is 25.9 Å². The number of piperazine rings is 1. The van der Waals surface area contributed by atoms with Crippen molar-refractivity contribution < 1.29 is 24.5 Å². The molecule has 0 spiro atoms. The van der Waals surface area contributed by atoms with Crippen LogP contribution in [-0.4, -0.2) is 76.4 Å². The van der Waals surface area contributed by atoms with Crippen molar-refractivity contribution in [3.63, 3.8) is 0 Å². The van der Waals surface area contributed by atoms with E-state index < -0.39 is 18.0 Å². The maximum atomic E-state index is 12.3. The number of hydrogen-bond acceptors (Lipinski definition) is 5. The number of nitrogens with zero attached hydrogens (tertiary/aromatic N) is 3. The first-order valence-electron chi connectivity index (χ1n) is 10.0. The van der Waals surface area contributed by atoms with Crippen molar-refractivity contribution in [3.8, 4) is 5.75 Å². The number of carboxylic acids is 2. The average molecular weight is 415 g/mol. The van der Waals surface area contributed by atoms with E-state index in [-0.39, 0.29) is 13.0 Å². The Morgan fingerprint density at radius 3 is 2.47 bits per heavy atom. The fourth-order valence-electron chi connectivity index (χ4n) is 4.10. The lowest BCUT2D eigenvalue weighted by molar-refractivity contribution is -0.144. The van der Waals surface area contributed by atoms with Crippen molar-refractivity contribution in [3.05, 3.63) is 42.1 Å². The summed E-state index contributed by atoms with van der Waals surface area (Å²) in [4.78, 5) is 27.6. The first kappa shape index (κ1) is 21.9. The summed E-state index contributed by atoms with van der Waals surface area (Å²) < 4.78 is 7.17. The molecule has 1 aliphatic rings. The van der Waals surface area contributed by atoms with E-state index in [0.717, 1.165) is 36.1 Å². The molecule has 1 aliphatic heterocycles. The van der Waals surface area contributed by atoms with Crippen molar-refractivity contribution in [2.75, 3.05) is 39.8 Å². The molecule has 162 valence electrons. The third-order valence-corrected chi connectivity index (χ3v) is 5.48. The lowest BCUT2D eigenvalue weighted by Gasteiger charge is -2.37. The summed E-state index contributed by atoms with van der Waals surface area (Å²) in [5, 5.41) is 20.0. The summed E-state index contributed by atoms with van der Waals surface area (Å²) in [6.45, 7) is 9.86.